The Balaban J connectivity index is 1.94. The minimum Gasteiger partial charge on any atom is -0.478 e. The molecule has 0 spiro atoms. The van der Waals surface area contributed by atoms with Gasteiger partial charge in [0.05, 0.1) is 11.3 Å². The first-order chi connectivity index (χ1) is 10.1. The summed E-state index contributed by atoms with van der Waals surface area (Å²) < 4.78 is 0. The van der Waals surface area contributed by atoms with Gasteiger partial charge in [-0.05, 0) is 38.1 Å². The highest BCUT2D eigenvalue weighted by Crippen LogP contribution is 2.15. The van der Waals surface area contributed by atoms with Crippen LogP contribution in [0.3, 0.4) is 0 Å². The molecule has 1 aromatic carbocycles. The summed E-state index contributed by atoms with van der Waals surface area (Å²) in [6.07, 6.45) is 2.01. The number of hydrogen-bond acceptors (Lipinski definition) is 3. The number of hydrogen-bond donors (Lipinski definition) is 3. The second kappa shape index (κ2) is 7.08. The van der Waals surface area contributed by atoms with Crippen molar-refractivity contribution < 1.29 is 14.7 Å². The van der Waals surface area contributed by atoms with Crippen molar-refractivity contribution in [2.45, 2.75) is 25.8 Å². The molecule has 0 saturated carbocycles. The second-order valence-electron chi connectivity index (χ2n) is 5.18. The van der Waals surface area contributed by atoms with E-state index in [2.05, 4.69) is 22.5 Å². The fourth-order valence-corrected chi connectivity index (χ4v) is 2.58. The minimum atomic E-state index is -1.05. The molecular formula is C15H21N3O3. The molecule has 1 aliphatic rings. The van der Waals surface area contributed by atoms with Crippen molar-refractivity contribution in [3.63, 3.8) is 0 Å². The highest BCUT2D eigenvalue weighted by Gasteiger charge is 2.20. The van der Waals surface area contributed by atoms with Crippen LogP contribution in [-0.4, -0.2) is 47.7 Å². The van der Waals surface area contributed by atoms with E-state index in [0.29, 0.717) is 5.69 Å². The Morgan fingerprint density at radius 1 is 1.38 bits per heavy atom. The van der Waals surface area contributed by atoms with Crippen LogP contribution in [0.2, 0.25) is 0 Å². The largest absolute Gasteiger partial charge is 0.478 e. The maximum Gasteiger partial charge on any atom is 0.337 e. The zero-order valence-electron chi connectivity index (χ0n) is 12.1. The van der Waals surface area contributed by atoms with Crippen molar-refractivity contribution in [1.82, 2.24) is 10.2 Å². The zero-order valence-corrected chi connectivity index (χ0v) is 12.1. The van der Waals surface area contributed by atoms with E-state index in [1.807, 2.05) is 0 Å². The van der Waals surface area contributed by atoms with Gasteiger partial charge in [-0.2, -0.15) is 0 Å². The van der Waals surface area contributed by atoms with Gasteiger partial charge in [0.25, 0.3) is 0 Å². The summed E-state index contributed by atoms with van der Waals surface area (Å²) in [4.78, 5) is 25.4. The molecule has 114 valence electrons. The number of carboxylic acids is 1. The summed E-state index contributed by atoms with van der Waals surface area (Å²) in [6.45, 7) is 4.98. The average molecular weight is 291 g/mol. The third-order valence-corrected chi connectivity index (χ3v) is 3.69. The highest BCUT2D eigenvalue weighted by atomic mass is 16.4. The molecule has 0 radical (unpaired) electrons. The van der Waals surface area contributed by atoms with Crippen LogP contribution < -0.4 is 10.6 Å². The lowest BCUT2D eigenvalue weighted by molar-refractivity contribution is 0.0698. The number of nitrogens with one attached hydrogen (secondary N) is 2. The molecule has 1 aliphatic heterocycles. The van der Waals surface area contributed by atoms with Gasteiger partial charge in [-0.15, -0.1) is 0 Å². The van der Waals surface area contributed by atoms with Crippen molar-refractivity contribution in [3.05, 3.63) is 29.8 Å². The van der Waals surface area contributed by atoms with Gasteiger partial charge < -0.3 is 20.6 Å². The van der Waals surface area contributed by atoms with Gasteiger partial charge >= 0.3 is 12.0 Å². The summed E-state index contributed by atoms with van der Waals surface area (Å²) >= 11 is 0. The molecule has 2 rings (SSSR count). The second-order valence-corrected chi connectivity index (χ2v) is 5.18. The molecule has 1 saturated heterocycles. The van der Waals surface area contributed by atoms with Crippen LogP contribution in [0.25, 0.3) is 0 Å². The Bertz CT molecular complexity index is 519. The number of amides is 2. The van der Waals surface area contributed by atoms with E-state index in [9.17, 15) is 9.59 Å². The van der Waals surface area contributed by atoms with E-state index in [-0.39, 0.29) is 17.6 Å². The van der Waals surface area contributed by atoms with Crippen molar-refractivity contribution in [1.29, 1.82) is 0 Å². The lowest BCUT2D eigenvalue weighted by Gasteiger charge is -2.32. The Morgan fingerprint density at radius 3 is 2.86 bits per heavy atom. The minimum absolute atomic E-state index is 0.0893. The number of rotatable bonds is 4. The van der Waals surface area contributed by atoms with Crippen LogP contribution >= 0.6 is 0 Å². The maximum atomic E-state index is 12.0. The number of carboxylic acid groups (broad SMARTS) is 1. The van der Waals surface area contributed by atoms with E-state index >= 15 is 0 Å². The number of aromatic carboxylic acids is 1. The molecule has 21 heavy (non-hydrogen) atoms. The van der Waals surface area contributed by atoms with Gasteiger partial charge in [0.15, 0.2) is 0 Å². The first-order valence-corrected chi connectivity index (χ1v) is 7.22. The predicted molar refractivity (Wildman–Crippen MR) is 80.7 cm³/mol. The van der Waals surface area contributed by atoms with Crippen LogP contribution in [0.4, 0.5) is 10.5 Å². The quantitative estimate of drug-likeness (QED) is 0.792. The molecule has 6 nitrogen and oxygen atoms in total. The lowest BCUT2D eigenvalue weighted by atomic mass is 10.1. The molecule has 3 N–H and O–H groups in total. The summed E-state index contributed by atoms with van der Waals surface area (Å²) in [6, 6.07) is 6.14. The summed E-state index contributed by atoms with van der Waals surface area (Å²) in [5.74, 6) is -1.05. The van der Waals surface area contributed by atoms with Gasteiger partial charge in [-0.3, -0.25) is 0 Å². The molecule has 1 fully saturated rings. The average Bonchev–Trinajstić information content (AvgIpc) is 2.47. The third kappa shape index (κ3) is 4.19. The Hall–Kier alpha value is -2.08. The number of benzene rings is 1. The topological polar surface area (TPSA) is 81.7 Å². The zero-order chi connectivity index (χ0) is 15.2. The molecule has 1 unspecified atom stereocenters. The molecule has 0 aliphatic carbocycles. The molecule has 0 aromatic heterocycles. The SMILES string of the molecule is CCN1CCCC(NC(=O)Nc2ccccc2C(=O)O)C1. The Kier molecular flexibility index (Phi) is 5.16. The van der Waals surface area contributed by atoms with Gasteiger partial charge in [0, 0.05) is 12.6 Å². The summed E-state index contributed by atoms with van der Waals surface area (Å²) in [7, 11) is 0. The van der Waals surface area contributed by atoms with Gasteiger partial charge in [0.2, 0.25) is 0 Å². The van der Waals surface area contributed by atoms with Crippen molar-refractivity contribution in [2.75, 3.05) is 25.0 Å². The van der Waals surface area contributed by atoms with Gasteiger partial charge in [0.1, 0.15) is 0 Å². The van der Waals surface area contributed by atoms with Crippen molar-refractivity contribution in [2.24, 2.45) is 0 Å². The van der Waals surface area contributed by atoms with Crippen LogP contribution in [0, 0.1) is 0 Å². The first-order valence-electron chi connectivity index (χ1n) is 7.22. The fraction of sp³-hybridized carbons (Fsp3) is 0.467. The van der Waals surface area contributed by atoms with Gasteiger partial charge in [-0.25, -0.2) is 9.59 Å². The standard InChI is InChI=1S/C15H21N3O3/c1-2-18-9-5-6-11(10-18)16-15(21)17-13-8-4-3-7-12(13)14(19)20/h3-4,7-8,11H,2,5-6,9-10H2,1H3,(H,19,20)(H2,16,17,21). The van der Waals surface area contributed by atoms with E-state index in [1.54, 1.807) is 18.2 Å². The van der Waals surface area contributed by atoms with Gasteiger partial charge in [-0.1, -0.05) is 19.1 Å². The first kappa shape index (κ1) is 15.3. The lowest BCUT2D eigenvalue weighted by Crippen LogP contribution is -2.48. The number of piperidine rings is 1. The molecule has 6 heteroatoms. The maximum absolute atomic E-state index is 12.0. The highest BCUT2D eigenvalue weighted by molar-refractivity contribution is 6.00. The van der Waals surface area contributed by atoms with E-state index < -0.39 is 5.97 Å². The molecule has 0 bridgehead atoms. The normalized spacial score (nSPS) is 19.0. The third-order valence-electron chi connectivity index (χ3n) is 3.69. The predicted octanol–water partition coefficient (Wildman–Crippen LogP) is 1.99. The number of likely N-dealkylation sites (tertiary alicyclic amines) is 1. The van der Waals surface area contributed by atoms with Crippen LogP contribution in [-0.2, 0) is 0 Å². The van der Waals surface area contributed by atoms with Crippen molar-refractivity contribution >= 4 is 17.7 Å². The van der Waals surface area contributed by atoms with E-state index in [0.717, 1.165) is 32.5 Å². The summed E-state index contributed by atoms with van der Waals surface area (Å²) in [5.41, 5.74) is 0.400. The fourth-order valence-electron chi connectivity index (χ4n) is 2.58. The number of urea groups is 1. The van der Waals surface area contributed by atoms with Crippen molar-refractivity contribution in [3.8, 4) is 0 Å². The molecule has 2 amide bonds. The molecular weight excluding hydrogens is 270 g/mol. The summed E-state index contributed by atoms with van der Waals surface area (Å²) in [5, 5.41) is 14.6. The smallest absolute Gasteiger partial charge is 0.337 e. The molecule has 1 heterocycles. The number of anilines is 1. The molecule has 1 atom stereocenters. The Morgan fingerprint density at radius 2 is 2.14 bits per heavy atom. The molecule has 1 aromatic rings. The number of nitrogens with zero attached hydrogens (tertiary/aromatic N) is 1. The van der Waals surface area contributed by atoms with E-state index in [1.165, 1.54) is 6.07 Å². The van der Waals surface area contributed by atoms with Crippen LogP contribution in [0.5, 0.6) is 0 Å². The van der Waals surface area contributed by atoms with Crippen LogP contribution in [0.1, 0.15) is 30.1 Å². The number of carbonyl (C=O) groups is 2. The van der Waals surface area contributed by atoms with Crippen LogP contribution in [0.15, 0.2) is 24.3 Å². The Labute approximate surface area is 124 Å². The number of carbonyl (C=O) groups excluding carboxylic acids is 1. The number of likely N-dealkylation sites (N-methyl/N-ethyl adjacent to an activating group) is 1. The number of para-hydroxylation sites is 1. The monoisotopic (exact) mass is 291 g/mol. The van der Waals surface area contributed by atoms with E-state index in [4.69, 9.17) is 5.11 Å².